The highest BCUT2D eigenvalue weighted by Crippen LogP contribution is 2.43. The molecule has 0 aromatic heterocycles. The molecule has 0 saturated carbocycles. The fourth-order valence-electron chi connectivity index (χ4n) is 4.21. The Labute approximate surface area is 200 Å². The van der Waals surface area contributed by atoms with Gasteiger partial charge in [0.1, 0.15) is 18.1 Å². The van der Waals surface area contributed by atoms with Crippen LogP contribution in [-0.4, -0.2) is 23.3 Å². The summed E-state index contributed by atoms with van der Waals surface area (Å²) in [7, 11) is 0. The van der Waals surface area contributed by atoms with Crippen LogP contribution in [0, 0.1) is 20.8 Å². The van der Waals surface area contributed by atoms with Gasteiger partial charge in [-0.15, -0.1) is 0 Å². The maximum atomic E-state index is 11.7. The molecule has 1 aromatic carbocycles. The van der Waals surface area contributed by atoms with Crippen LogP contribution in [0.5, 0.6) is 11.5 Å². The summed E-state index contributed by atoms with van der Waals surface area (Å²) >= 11 is 0. The van der Waals surface area contributed by atoms with Crippen molar-refractivity contribution in [3.8, 4) is 11.5 Å². The highest BCUT2D eigenvalue weighted by atomic mass is 16.5. The molecule has 0 fully saturated rings. The summed E-state index contributed by atoms with van der Waals surface area (Å²) < 4.78 is 12.2. The summed E-state index contributed by atoms with van der Waals surface area (Å²) in [4.78, 5) is 11.7. The zero-order valence-electron chi connectivity index (χ0n) is 21.9. The van der Waals surface area contributed by atoms with Crippen LogP contribution >= 0.6 is 0 Å². The van der Waals surface area contributed by atoms with Crippen molar-refractivity contribution in [2.45, 2.75) is 99.5 Å². The average molecular weight is 455 g/mol. The largest absolute Gasteiger partial charge is 0.489 e. The second-order valence-corrected chi connectivity index (χ2v) is 9.92. The van der Waals surface area contributed by atoms with Crippen LogP contribution in [0.4, 0.5) is 0 Å². The van der Waals surface area contributed by atoms with E-state index in [1.54, 1.807) is 6.92 Å². The molecule has 1 aliphatic rings. The smallest absolute Gasteiger partial charge is 0.347 e. The molecular formula is C29H42O4. The molecule has 1 N–H and O–H groups in total. The second kappa shape index (κ2) is 11.6. The highest BCUT2D eigenvalue weighted by molar-refractivity contribution is 5.78. The lowest BCUT2D eigenvalue weighted by molar-refractivity contribution is -0.155. The van der Waals surface area contributed by atoms with Crippen molar-refractivity contribution < 1.29 is 19.4 Å². The molecule has 1 heterocycles. The lowest BCUT2D eigenvalue weighted by Gasteiger charge is -2.35. The zero-order valence-corrected chi connectivity index (χ0v) is 21.9. The first-order valence-corrected chi connectivity index (χ1v) is 12.1. The van der Waals surface area contributed by atoms with E-state index >= 15 is 0 Å². The van der Waals surface area contributed by atoms with E-state index in [2.05, 4.69) is 45.9 Å². The molecule has 0 amide bonds. The van der Waals surface area contributed by atoms with Crippen molar-refractivity contribution in [3.05, 3.63) is 57.2 Å². The van der Waals surface area contributed by atoms with Crippen molar-refractivity contribution in [3.63, 3.8) is 0 Å². The Morgan fingerprint density at radius 3 is 2.18 bits per heavy atom. The highest BCUT2D eigenvalue weighted by Gasteiger charge is 2.40. The lowest BCUT2D eigenvalue weighted by Crippen LogP contribution is -2.44. The number of rotatable bonds is 10. The number of allylic oxidation sites excluding steroid dienone is 5. The van der Waals surface area contributed by atoms with E-state index in [0.717, 1.165) is 53.7 Å². The standard InChI is InChI=1S/C29H42O4/c1-19(2)11-9-12-20(3)13-10-14-21(4)16-18-32-26-22(5)23(6)27-25(24(26)7)15-17-29(8,33-27)28(30)31/h11,13,16H,9-10,12,14-15,17-18H2,1-8H3,(H,30,31)/b20-13+,21-16+. The van der Waals surface area contributed by atoms with Crippen molar-refractivity contribution in [1.82, 2.24) is 0 Å². The van der Waals surface area contributed by atoms with E-state index in [1.807, 2.05) is 20.8 Å². The number of benzene rings is 1. The van der Waals surface area contributed by atoms with Crippen molar-refractivity contribution in [1.29, 1.82) is 0 Å². The van der Waals surface area contributed by atoms with Crippen LogP contribution in [0.15, 0.2) is 34.9 Å². The number of ether oxygens (including phenoxy) is 2. The third kappa shape index (κ3) is 6.99. The average Bonchev–Trinajstić information content (AvgIpc) is 2.74. The van der Waals surface area contributed by atoms with Gasteiger partial charge in [0.25, 0.3) is 0 Å². The first-order valence-electron chi connectivity index (χ1n) is 12.1. The van der Waals surface area contributed by atoms with Crippen molar-refractivity contribution in [2.75, 3.05) is 6.61 Å². The first-order chi connectivity index (χ1) is 15.5. The van der Waals surface area contributed by atoms with E-state index in [0.29, 0.717) is 25.2 Å². The molecule has 0 saturated heterocycles. The molecule has 33 heavy (non-hydrogen) atoms. The number of aliphatic carboxylic acids is 1. The van der Waals surface area contributed by atoms with Gasteiger partial charge >= 0.3 is 5.97 Å². The van der Waals surface area contributed by atoms with E-state index in [-0.39, 0.29) is 0 Å². The minimum atomic E-state index is -1.17. The molecule has 0 radical (unpaired) electrons. The Hall–Kier alpha value is -2.49. The summed E-state index contributed by atoms with van der Waals surface area (Å²) in [5.74, 6) is 0.696. The lowest BCUT2D eigenvalue weighted by atomic mass is 9.87. The number of hydrogen-bond donors (Lipinski definition) is 1. The topological polar surface area (TPSA) is 55.8 Å². The summed E-state index contributed by atoms with van der Waals surface area (Å²) in [6.45, 7) is 16.9. The van der Waals surface area contributed by atoms with Gasteiger partial charge in [0.15, 0.2) is 0 Å². The van der Waals surface area contributed by atoms with Gasteiger partial charge in [-0.1, -0.05) is 28.9 Å². The molecule has 182 valence electrons. The fourth-order valence-corrected chi connectivity index (χ4v) is 4.21. The minimum absolute atomic E-state index is 0.457. The summed E-state index contributed by atoms with van der Waals surface area (Å²) in [5.41, 5.74) is 7.10. The molecule has 1 aliphatic heterocycles. The number of carboxylic acid groups (broad SMARTS) is 1. The first kappa shape index (κ1) is 26.8. The van der Waals surface area contributed by atoms with Gasteiger partial charge in [-0.05, 0) is 110 Å². The zero-order chi connectivity index (χ0) is 24.8. The molecule has 1 aromatic rings. The molecule has 4 nitrogen and oxygen atoms in total. The van der Waals surface area contributed by atoms with Gasteiger partial charge in [-0.3, -0.25) is 0 Å². The molecule has 0 aliphatic carbocycles. The Kier molecular flexibility index (Phi) is 9.39. The summed E-state index contributed by atoms with van der Waals surface area (Å²) in [5, 5.41) is 9.56. The SMILES string of the molecule is CC(C)=CCC/C(C)=C/CC/C(C)=C/COc1c(C)c(C)c2c(c1C)CCC(C)(C(=O)O)O2. The third-order valence-electron chi connectivity index (χ3n) is 6.73. The number of carbonyl (C=O) groups is 1. The van der Waals surface area contributed by atoms with E-state index in [1.165, 1.54) is 16.7 Å². The van der Waals surface area contributed by atoms with E-state index in [4.69, 9.17) is 9.47 Å². The minimum Gasteiger partial charge on any atom is -0.489 e. The van der Waals surface area contributed by atoms with Crippen LogP contribution in [0.25, 0.3) is 0 Å². The molecule has 2 rings (SSSR count). The number of fused-ring (bicyclic) bond motifs is 1. The molecule has 1 unspecified atom stereocenters. The molecule has 1 atom stereocenters. The van der Waals surface area contributed by atoms with Gasteiger partial charge in [-0.2, -0.15) is 0 Å². The van der Waals surface area contributed by atoms with Gasteiger partial charge in [0.2, 0.25) is 5.60 Å². The summed E-state index contributed by atoms with van der Waals surface area (Å²) in [6, 6.07) is 0. The molecule has 4 heteroatoms. The molecule has 0 spiro atoms. The van der Waals surface area contributed by atoms with E-state index < -0.39 is 11.6 Å². The van der Waals surface area contributed by atoms with Gasteiger partial charge in [0.05, 0.1) is 0 Å². The Balaban J connectivity index is 2.00. The number of carboxylic acids is 1. The Morgan fingerprint density at radius 1 is 0.970 bits per heavy atom. The van der Waals surface area contributed by atoms with Gasteiger partial charge < -0.3 is 14.6 Å². The molecular weight excluding hydrogens is 412 g/mol. The van der Waals surface area contributed by atoms with Crippen molar-refractivity contribution >= 4 is 5.97 Å². The van der Waals surface area contributed by atoms with Crippen LogP contribution in [0.3, 0.4) is 0 Å². The maximum Gasteiger partial charge on any atom is 0.347 e. The Bertz CT molecular complexity index is 961. The maximum absolute atomic E-state index is 11.7. The van der Waals surface area contributed by atoms with Gasteiger partial charge in [0, 0.05) is 12.0 Å². The van der Waals surface area contributed by atoms with E-state index in [9.17, 15) is 9.90 Å². The fraction of sp³-hybridized carbons (Fsp3) is 0.552. The molecule has 0 bridgehead atoms. The summed E-state index contributed by atoms with van der Waals surface area (Å²) in [6.07, 6.45) is 12.3. The van der Waals surface area contributed by atoms with Crippen LogP contribution in [-0.2, 0) is 11.2 Å². The number of hydrogen-bond acceptors (Lipinski definition) is 3. The van der Waals surface area contributed by atoms with Crippen LogP contribution < -0.4 is 9.47 Å². The predicted octanol–water partition coefficient (Wildman–Crippen LogP) is 7.58. The second-order valence-electron chi connectivity index (χ2n) is 9.92. The van der Waals surface area contributed by atoms with Gasteiger partial charge in [-0.25, -0.2) is 4.79 Å². The monoisotopic (exact) mass is 454 g/mol. The normalized spacial score (nSPS) is 18.4. The van der Waals surface area contributed by atoms with Crippen molar-refractivity contribution in [2.24, 2.45) is 0 Å². The van der Waals surface area contributed by atoms with Crippen LogP contribution in [0.2, 0.25) is 0 Å². The third-order valence-corrected chi connectivity index (χ3v) is 6.73. The Morgan fingerprint density at radius 2 is 1.58 bits per heavy atom. The van der Waals surface area contributed by atoms with Crippen LogP contribution in [0.1, 0.15) is 89.0 Å². The predicted molar refractivity (Wildman–Crippen MR) is 137 cm³/mol. The quantitative estimate of drug-likeness (QED) is 0.370.